The number of anilines is 1. The first-order valence-electron chi connectivity index (χ1n) is 14.0. The van der Waals surface area contributed by atoms with E-state index in [2.05, 4.69) is 68.6 Å². The molecule has 1 N–H and O–H groups in total. The van der Waals surface area contributed by atoms with E-state index in [4.69, 9.17) is 0 Å². The molecule has 0 bridgehead atoms. The first-order chi connectivity index (χ1) is 19.0. The van der Waals surface area contributed by atoms with Crippen LogP contribution in [0.2, 0.25) is 0 Å². The molecule has 1 atom stereocenters. The van der Waals surface area contributed by atoms with E-state index >= 15 is 0 Å². The first kappa shape index (κ1) is 28.0. The number of aryl methyl sites for hydroxylation is 1. The van der Waals surface area contributed by atoms with Crippen molar-refractivity contribution in [1.29, 1.82) is 0 Å². The molecule has 2 aliphatic rings. The van der Waals surface area contributed by atoms with Gasteiger partial charge in [0.05, 0.1) is 24.3 Å². The summed E-state index contributed by atoms with van der Waals surface area (Å²) < 4.78 is 28.0. The maximum atomic E-state index is 14.0. The lowest BCUT2D eigenvalue weighted by Gasteiger charge is -2.36. The summed E-state index contributed by atoms with van der Waals surface area (Å²) >= 11 is 0.593. The van der Waals surface area contributed by atoms with E-state index < -0.39 is 5.41 Å². The van der Waals surface area contributed by atoms with Crippen molar-refractivity contribution < 1.29 is 7.77 Å². The fourth-order valence-corrected chi connectivity index (χ4v) is 7.18. The minimum atomic E-state index is -0.431. The van der Waals surface area contributed by atoms with Gasteiger partial charge in [-0.2, -0.15) is 7.77 Å². The average Bonchev–Trinajstić information content (AvgIpc) is 3.23. The van der Waals surface area contributed by atoms with Gasteiger partial charge in [0.15, 0.2) is 0 Å². The van der Waals surface area contributed by atoms with Crippen molar-refractivity contribution in [3.05, 3.63) is 100 Å². The second-order valence-electron chi connectivity index (χ2n) is 10.9. The smallest absolute Gasteiger partial charge is 0.0812 e. The molecule has 5 rings (SSSR count). The maximum Gasteiger partial charge on any atom is 0.0812 e. The number of hydrogen-bond acceptors (Lipinski definition) is 3. The Kier molecular flexibility index (Phi) is 8.58. The van der Waals surface area contributed by atoms with Crippen molar-refractivity contribution in [3.63, 3.8) is 0 Å². The largest absolute Gasteiger partial charge is 0.388 e. The summed E-state index contributed by atoms with van der Waals surface area (Å²) in [5, 5.41) is 3.34. The number of rotatable bonds is 10. The van der Waals surface area contributed by atoms with Gasteiger partial charge in [0.25, 0.3) is 0 Å². The summed E-state index contributed by atoms with van der Waals surface area (Å²) in [5.74, 6) is 0.525. The van der Waals surface area contributed by atoms with Crippen LogP contribution in [0.25, 0.3) is 11.1 Å². The summed E-state index contributed by atoms with van der Waals surface area (Å²) in [4.78, 5) is 1.23. The molecule has 5 heteroatoms. The zero-order valence-corrected chi connectivity index (χ0v) is 24.9. The van der Waals surface area contributed by atoms with Gasteiger partial charge in [-0.3, -0.25) is 0 Å². The summed E-state index contributed by atoms with van der Waals surface area (Å²) in [6.45, 7) is 6.66. The van der Waals surface area contributed by atoms with Gasteiger partial charge in [-0.1, -0.05) is 62.3 Å². The Morgan fingerprint density at radius 1 is 0.821 bits per heavy atom. The number of nitrogens with one attached hydrogen (secondary N) is 1. The van der Waals surface area contributed by atoms with Crippen LogP contribution in [-0.4, -0.2) is 7.05 Å². The van der Waals surface area contributed by atoms with Gasteiger partial charge in [0, 0.05) is 27.9 Å². The summed E-state index contributed by atoms with van der Waals surface area (Å²) in [6, 6.07) is 18.7. The van der Waals surface area contributed by atoms with E-state index in [1.54, 1.807) is 0 Å². The third-order valence-electron chi connectivity index (χ3n) is 8.56. The second-order valence-corrected chi connectivity index (χ2v) is 12.2. The van der Waals surface area contributed by atoms with E-state index in [0.717, 1.165) is 66.5 Å². The number of hydrogen-bond donors (Lipinski definition) is 1. The fourth-order valence-electron chi connectivity index (χ4n) is 6.61. The van der Waals surface area contributed by atoms with Crippen LogP contribution in [0, 0.1) is 5.92 Å². The van der Waals surface area contributed by atoms with Crippen molar-refractivity contribution in [3.8, 4) is 11.1 Å². The van der Waals surface area contributed by atoms with Crippen LogP contribution in [0.1, 0.15) is 68.7 Å². The van der Waals surface area contributed by atoms with Crippen LogP contribution in [-0.2, 0) is 18.3 Å². The third-order valence-corrected chi connectivity index (χ3v) is 9.43. The van der Waals surface area contributed by atoms with Crippen LogP contribution < -0.4 is 5.32 Å². The van der Waals surface area contributed by atoms with E-state index in [9.17, 15) is 7.77 Å². The summed E-state index contributed by atoms with van der Waals surface area (Å²) in [5.41, 5.74) is 10.6. The standard InChI is InChI=1S/C34H37F2NS2/c1-5-22-12-23(6-2)14-25(13-22)20-34(21-26-15-24(7-3)16-27(17-26)37-4)32-18-28(38-35)8-10-30(32)31-11-9-29(39-36)19-33(31)34/h8-13,15-19,23,37H,5-7,14,20-21H2,1-4H3. The molecule has 0 aliphatic heterocycles. The zero-order valence-electron chi connectivity index (χ0n) is 23.2. The van der Waals surface area contributed by atoms with Gasteiger partial charge < -0.3 is 5.32 Å². The minimum absolute atomic E-state index is 0.297. The van der Waals surface area contributed by atoms with Crippen molar-refractivity contribution in [1.82, 2.24) is 0 Å². The summed E-state index contributed by atoms with van der Waals surface area (Å²) in [7, 11) is 1.96. The first-order valence-corrected chi connectivity index (χ1v) is 15.5. The molecule has 39 heavy (non-hydrogen) atoms. The quantitative estimate of drug-likeness (QED) is 0.264. The predicted molar refractivity (Wildman–Crippen MR) is 165 cm³/mol. The molecule has 0 heterocycles. The van der Waals surface area contributed by atoms with E-state index in [-0.39, 0.29) is 0 Å². The highest BCUT2D eigenvalue weighted by molar-refractivity contribution is 7.94. The van der Waals surface area contributed by atoms with Gasteiger partial charge >= 0.3 is 0 Å². The number of allylic oxidation sites excluding steroid dienone is 4. The highest BCUT2D eigenvalue weighted by Gasteiger charge is 2.44. The lowest BCUT2D eigenvalue weighted by molar-refractivity contribution is 0.486. The Morgan fingerprint density at radius 2 is 1.46 bits per heavy atom. The van der Waals surface area contributed by atoms with Gasteiger partial charge in [-0.05, 0) is 114 Å². The highest BCUT2D eigenvalue weighted by atomic mass is 32.2. The SMILES string of the molecule is CCC1=CC(CC)CC(CC2(Cc3cc(CC)cc(NC)c3)c3cc(SF)ccc3-c3ccc(SF)cc32)=C1. The van der Waals surface area contributed by atoms with Crippen molar-refractivity contribution >= 4 is 30.0 Å². The molecule has 3 aromatic rings. The third kappa shape index (κ3) is 5.45. The van der Waals surface area contributed by atoms with Gasteiger partial charge in [0.1, 0.15) is 0 Å². The monoisotopic (exact) mass is 561 g/mol. The molecule has 0 saturated carbocycles. The molecule has 0 spiro atoms. The summed E-state index contributed by atoms with van der Waals surface area (Å²) in [6.07, 6.45) is 10.5. The molecule has 0 amide bonds. The van der Waals surface area contributed by atoms with E-state index in [1.807, 2.05) is 31.3 Å². The van der Waals surface area contributed by atoms with Crippen molar-refractivity contribution in [2.24, 2.45) is 5.92 Å². The Morgan fingerprint density at radius 3 is 2.00 bits per heavy atom. The number of benzene rings is 3. The molecule has 1 nitrogen and oxygen atoms in total. The van der Waals surface area contributed by atoms with Gasteiger partial charge in [-0.15, -0.1) is 0 Å². The molecule has 3 aromatic carbocycles. The highest BCUT2D eigenvalue weighted by Crippen LogP contribution is 2.56. The van der Waals surface area contributed by atoms with Crippen LogP contribution in [0.15, 0.2) is 87.7 Å². The average molecular weight is 562 g/mol. The molecular weight excluding hydrogens is 525 g/mol. The Balaban J connectivity index is 1.75. The van der Waals surface area contributed by atoms with Crippen molar-refractivity contribution in [2.45, 2.75) is 74.5 Å². The van der Waals surface area contributed by atoms with Crippen LogP contribution >= 0.6 is 24.3 Å². The van der Waals surface area contributed by atoms with E-state index in [1.165, 1.54) is 22.3 Å². The number of halogens is 2. The number of fused-ring (bicyclic) bond motifs is 3. The molecule has 0 saturated heterocycles. The zero-order chi connectivity index (χ0) is 27.6. The van der Waals surface area contributed by atoms with Crippen LogP contribution in [0.5, 0.6) is 0 Å². The Labute approximate surface area is 241 Å². The second kappa shape index (κ2) is 11.9. The predicted octanol–water partition coefficient (Wildman–Crippen LogP) is 10.8. The maximum absolute atomic E-state index is 14.0. The minimum Gasteiger partial charge on any atom is -0.388 e. The molecule has 0 fully saturated rings. The van der Waals surface area contributed by atoms with Crippen LogP contribution in [0.4, 0.5) is 13.5 Å². The van der Waals surface area contributed by atoms with Gasteiger partial charge in [0.2, 0.25) is 0 Å². The fraction of sp³-hybridized carbons (Fsp3) is 0.353. The topological polar surface area (TPSA) is 12.0 Å². The normalized spacial score (nSPS) is 17.3. The van der Waals surface area contributed by atoms with Crippen LogP contribution in [0.3, 0.4) is 0 Å². The molecular formula is C34H37F2NS2. The molecule has 1 unspecified atom stereocenters. The molecule has 2 aliphatic carbocycles. The Hall–Kier alpha value is -2.50. The lowest BCUT2D eigenvalue weighted by atomic mass is 9.67. The Bertz CT molecular complexity index is 1350. The molecule has 0 radical (unpaired) electrons. The lowest BCUT2D eigenvalue weighted by Crippen LogP contribution is -2.30. The molecule has 0 aromatic heterocycles. The van der Waals surface area contributed by atoms with E-state index in [0.29, 0.717) is 40.0 Å². The van der Waals surface area contributed by atoms with Crippen molar-refractivity contribution in [2.75, 3.05) is 12.4 Å². The molecule has 204 valence electrons. The van der Waals surface area contributed by atoms with Gasteiger partial charge in [-0.25, -0.2) is 0 Å².